The molecule has 0 radical (unpaired) electrons. The highest BCUT2D eigenvalue weighted by molar-refractivity contribution is 5.92. The van der Waals surface area contributed by atoms with Crippen molar-refractivity contribution in [2.45, 2.75) is 51.2 Å². The van der Waals surface area contributed by atoms with E-state index in [9.17, 15) is 9.59 Å². The third-order valence-corrected chi connectivity index (χ3v) is 4.95. The molecule has 2 aliphatic heterocycles. The lowest BCUT2D eigenvalue weighted by Crippen LogP contribution is -2.30. The van der Waals surface area contributed by atoms with E-state index in [0.717, 1.165) is 38.4 Å². The van der Waals surface area contributed by atoms with Gasteiger partial charge in [-0.2, -0.15) is 0 Å². The van der Waals surface area contributed by atoms with Crippen molar-refractivity contribution >= 4 is 23.4 Å². The number of rotatable bonds is 8. The van der Waals surface area contributed by atoms with Crippen molar-refractivity contribution in [1.29, 1.82) is 0 Å². The number of aromatic nitrogens is 1. The first kappa shape index (κ1) is 20.5. The topological polar surface area (TPSA) is 90.0 Å². The van der Waals surface area contributed by atoms with Gasteiger partial charge in [-0.3, -0.25) is 4.79 Å². The van der Waals surface area contributed by atoms with Gasteiger partial charge in [0.2, 0.25) is 0 Å². The number of ether oxygens (including phenoxy) is 3. The van der Waals surface area contributed by atoms with Gasteiger partial charge in [-0.05, 0) is 51.2 Å². The second-order valence-corrected chi connectivity index (χ2v) is 7.22. The van der Waals surface area contributed by atoms with Crippen LogP contribution in [0.1, 0.15) is 39.0 Å². The maximum Gasteiger partial charge on any atom is 0.335 e. The van der Waals surface area contributed by atoms with Crippen LogP contribution in [0, 0.1) is 0 Å². The zero-order valence-electron chi connectivity index (χ0n) is 16.4. The summed E-state index contributed by atoms with van der Waals surface area (Å²) in [6, 6.07) is 3.71. The smallest absolute Gasteiger partial charge is 0.335 e. The van der Waals surface area contributed by atoms with Gasteiger partial charge in [0.15, 0.2) is 12.7 Å². The third-order valence-electron chi connectivity index (χ3n) is 4.95. The molecule has 8 heteroatoms. The van der Waals surface area contributed by atoms with Gasteiger partial charge in [0.25, 0.3) is 5.91 Å². The molecule has 28 heavy (non-hydrogen) atoms. The number of hydrogen-bond acceptors (Lipinski definition) is 7. The third kappa shape index (κ3) is 6.17. The summed E-state index contributed by atoms with van der Waals surface area (Å²) in [6.45, 7) is 4.38. The van der Waals surface area contributed by atoms with Gasteiger partial charge in [0.1, 0.15) is 5.82 Å². The first-order valence-electron chi connectivity index (χ1n) is 10.0. The van der Waals surface area contributed by atoms with Crippen molar-refractivity contribution in [3.05, 3.63) is 18.3 Å². The number of amides is 1. The summed E-state index contributed by atoms with van der Waals surface area (Å²) in [4.78, 5) is 30.6. The molecule has 0 saturated carbocycles. The largest absolute Gasteiger partial charge is 0.454 e. The molecule has 3 rings (SSSR count). The summed E-state index contributed by atoms with van der Waals surface area (Å²) in [6.07, 6.45) is 6.51. The van der Waals surface area contributed by atoms with Crippen LogP contribution in [0.5, 0.6) is 0 Å². The maximum atomic E-state index is 12.0. The molecule has 2 saturated heterocycles. The Morgan fingerprint density at radius 3 is 2.79 bits per heavy atom. The SMILES string of the molecule is CC(OCC1CCCO1)C(=O)OCC(=O)Nc1ccc(N2CCCCC2)nc1. The Morgan fingerprint density at radius 2 is 2.11 bits per heavy atom. The van der Waals surface area contributed by atoms with Crippen LogP contribution >= 0.6 is 0 Å². The Labute approximate surface area is 165 Å². The standard InChI is InChI=1S/C20H29N3O5/c1-15(27-13-17-6-5-11-26-17)20(25)28-14-19(24)22-16-7-8-18(21-12-16)23-9-3-2-4-10-23/h7-8,12,15,17H,2-6,9-11,13-14H2,1H3,(H,22,24). The lowest BCUT2D eigenvalue weighted by Gasteiger charge is -2.27. The average Bonchev–Trinajstić information content (AvgIpc) is 3.25. The molecule has 0 bridgehead atoms. The lowest BCUT2D eigenvalue weighted by molar-refractivity contribution is -0.159. The highest BCUT2D eigenvalue weighted by Crippen LogP contribution is 2.19. The maximum absolute atomic E-state index is 12.0. The zero-order valence-corrected chi connectivity index (χ0v) is 16.4. The Morgan fingerprint density at radius 1 is 1.29 bits per heavy atom. The van der Waals surface area contributed by atoms with Gasteiger partial charge < -0.3 is 24.4 Å². The fourth-order valence-electron chi connectivity index (χ4n) is 3.32. The van der Waals surface area contributed by atoms with E-state index < -0.39 is 18.0 Å². The molecule has 0 spiro atoms. The van der Waals surface area contributed by atoms with Crippen molar-refractivity contribution in [2.75, 3.05) is 43.1 Å². The molecule has 154 valence electrons. The number of carbonyl (C=O) groups excluding carboxylic acids is 2. The predicted octanol–water partition coefficient (Wildman–Crippen LogP) is 2.14. The van der Waals surface area contributed by atoms with E-state index in [1.165, 1.54) is 19.3 Å². The molecule has 2 fully saturated rings. The van der Waals surface area contributed by atoms with Crippen LogP contribution in [-0.4, -0.2) is 62.0 Å². The summed E-state index contributed by atoms with van der Waals surface area (Å²) >= 11 is 0. The minimum Gasteiger partial charge on any atom is -0.454 e. The summed E-state index contributed by atoms with van der Waals surface area (Å²) in [5.74, 6) is -0.0553. The van der Waals surface area contributed by atoms with Gasteiger partial charge in [-0.1, -0.05) is 0 Å². The number of nitrogens with one attached hydrogen (secondary N) is 1. The van der Waals surface area contributed by atoms with Crippen LogP contribution in [0.4, 0.5) is 11.5 Å². The van der Waals surface area contributed by atoms with Crippen LogP contribution in [0.2, 0.25) is 0 Å². The predicted molar refractivity (Wildman–Crippen MR) is 104 cm³/mol. The molecule has 0 aliphatic carbocycles. The Hall–Kier alpha value is -2.19. The number of carbonyl (C=O) groups is 2. The number of hydrogen-bond donors (Lipinski definition) is 1. The molecule has 2 unspecified atom stereocenters. The highest BCUT2D eigenvalue weighted by atomic mass is 16.6. The van der Waals surface area contributed by atoms with E-state index >= 15 is 0 Å². The van der Waals surface area contributed by atoms with Crippen LogP contribution in [0.3, 0.4) is 0 Å². The minimum atomic E-state index is -0.734. The van der Waals surface area contributed by atoms with Gasteiger partial charge >= 0.3 is 5.97 Å². The molecular formula is C20H29N3O5. The highest BCUT2D eigenvalue weighted by Gasteiger charge is 2.21. The van der Waals surface area contributed by atoms with Gasteiger partial charge in [0, 0.05) is 19.7 Å². The van der Waals surface area contributed by atoms with Crippen molar-refractivity contribution in [2.24, 2.45) is 0 Å². The van der Waals surface area contributed by atoms with E-state index in [4.69, 9.17) is 14.2 Å². The molecule has 1 aromatic heterocycles. The number of esters is 1. The second-order valence-electron chi connectivity index (χ2n) is 7.22. The van der Waals surface area contributed by atoms with Crippen molar-refractivity contribution < 1.29 is 23.8 Å². The summed E-state index contributed by atoms with van der Waals surface area (Å²) in [5, 5.41) is 2.69. The van der Waals surface area contributed by atoms with Gasteiger partial charge in [-0.15, -0.1) is 0 Å². The molecule has 0 aromatic carbocycles. The summed E-state index contributed by atoms with van der Waals surface area (Å²) < 4.78 is 15.9. The van der Waals surface area contributed by atoms with E-state index in [1.54, 1.807) is 13.1 Å². The quantitative estimate of drug-likeness (QED) is 0.679. The molecule has 2 atom stereocenters. The molecule has 1 aromatic rings. The van der Waals surface area contributed by atoms with Crippen LogP contribution in [0.15, 0.2) is 18.3 Å². The van der Waals surface area contributed by atoms with Crippen molar-refractivity contribution in [3.63, 3.8) is 0 Å². The fourth-order valence-corrected chi connectivity index (χ4v) is 3.32. The first-order valence-corrected chi connectivity index (χ1v) is 10.0. The van der Waals surface area contributed by atoms with Gasteiger partial charge in [-0.25, -0.2) is 9.78 Å². The van der Waals surface area contributed by atoms with Crippen molar-refractivity contribution in [3.8, 4) is 0 Å². The molecular weight excluding hydrogens is 362 g/mol. The van der Waals surface area contributed by atoms with Crippen LogP contribution in [0.25, 0.3) is 0 Å². The monoisotopic (exact) mass is 391 g/mol. The number of pyridine rings is 1. The van der Waals surface area contributed by atoms with Crippen molar-refractivity contribution in [1.82, 2.24) is 4.98 Å². The Bertz CT molecular complexity index is 640. The lowest BCUT2D eigenvalue weighted by atomic mass is 10.1. The van der Waals surface area contributed by atoms with Crippen LogP contribution < -0.4 is 10.2 Å². The molecule has 2 aliphatic rings. The Kier molecular flexibility index (Phi) is 7.62. The normalized spacial score (nSPS) is 20.6. The van der Waals surface area contributed by atoms with E-state index in [0.29, 0.717) is 12.3 Å². The summed E-state index contributed by atoms with van der Waals surface area (Å²) in [5.41, 5.74) is 0.574. The Balaban J connectivity index is 1.36. The van der Waals surface area contributed by atoms with E-state index in [1.807, 2.05) is 12.1 Å². The number of piperidine rings is 1. The fraction of sp³-hybridized carbons (Fsp3) is 0.650. The van der Waals surface area contributed by atoms with Crippen LogP contribution in [-0.2, 0) is 23.8 Å². The van der Waals surface area contributed by atoms with E-state index in [-0.39, 0.29) is 12.7 Å². The zero-order chi connectivity index (χ0) is 19.8. The molecule has 1 N–H and O–H groups in total. The van der Waals surface area contributed by atoms with E-state index in [2.05, 4.69) is 15.2 Å². The minimum absolute atomic E-state index is 0.0407. The average molecular weight is 391 g/mol. The molecule has 1 amide bonds. The number of anilines is 2. The first-order chi connectivity index (χ1) is 13.6. The number of nitrogens with zero attached hydrogens (tertiary/aromatic N) is 2. The molecule has 8 nitrogen and oxygen atoms in total. The van der Waals surface area contributed by atoms with Gasteiger partial charge in [0.05, 0.1) is 24.6 Å². The molecule has 3 heterocycles. The summed E-state index contributed by atoms with van der Waals surface area (Å²) in [7, 11) is 0. The second kappa shape index (κ2) is 10.4.